The van der Waals surface area contributed by atoms with Crippen molar-refractivity contribution in [2.24, 2.45) is 0 Å². The lowest BCUT2D eigenvalue weighted by atomic mass is 9.89. The normalized spacial score (nSPS) is 12.6. The molecule has 10 aromatic rings. The number of rotatable bonds is 7. The van der Waals surface area contributed by atoms with E-state index in [1.807, 2.05) is 48.5 Å². The Morgan fingerprint density at radius 1 is 0.429 bits per heavy atom. The van der Waals surface area contributed by atoms with E-state index in [1.54, 1.807) is 4.90 Å². The van der Waals surface area contributed by atoms with Crippen LogP contribution in [0.25, 0.3) is 71.6 Å². The SMILES string of the molecule is [2H]c1c([2H])c([2H])c(N(c2ccccc2)c2cccc(-c3cccc(-c4cccc5cccc(-c6cccc7c6c6ccccc6n7-c6c(C)cccc6C)c45)c3)c2)c([2H])c1[2H]. The number of fused-ring (bicyclic) bond motifs is 4. The molecular formula is C54H40N2. The molecule has 0 amide bonds. The quantitative estimate of drug-likeness (QED) is 0.159. The molecule has 0 fully saturated rings. The van der Waals surface area contributed by atoms with E-state index >= 15 is 0 Å². The Balaban J connectivity index is 1.14. The highest BCUT2D eigenvalue weighted by atomic mass is 15.1. The van der Waals surface area contributed by atoms with E-state index < -0.39 is 6.04 Å². The highest BCUT2D eigenvalue weighted by Crippen LogP contribution is 2.44. The van der Waals surface area contributed by atoms with E-state index in [0.29, 0.717) is 11.4 Å². The summed E-state index contributed by atoms with van der Waals surface area (Å²) in [4.78, 5) is 1.75. The molecule has 0 atom stereocenters. The molecule has 0 bridgehead atoms. The molecule has 0 aliphatic rings. The first-order valence-corrected chi connectivity index (χ1v) is 18.9. The van der Waals surface area contributed by atoms with E-state index in [2.05, 4.69) is 146 Å². The van der Waals surface area contributed by atoms with Crippen LogP contribution in [-0.2, 0) is 0 Å². The van der Waals surface area contributed by atoms with E-state index in [1.165, 1.54) is 49.6 Å². The van der Waals surface area contributed by atoms with Gasteiger partial charge in [0.2, 0.25) is 0 Å². The van der Waals surface area contributed by atoms with Crippen LogP contribution in [0.4, 0.5) is 17.1 Å². The number of hydrogen-bond acceptors (Lipinski definition) is 1. The maximum atomic E-state index is 8.88. The van der Waals surface area contributed by atoms with Crippen LogP contribution in [0.3, 0.4) is 0 Å². The molecule has 0 aliphatic carbocycles. The van der Waals surface area contributed by atoms with E-state index in [0.717, 1.165) is 33.2 Å². The van der Waals surface area contributed by atoms with E-state index in [9.17, 15) is 0 Å². The summed E-state index contributed by atoms with van der Waals surface area (Å²) in [5, 5.41) is 4.75. The minimum atomic E-state index is -0.422. The summed E-state index contributed by atoms with van der Waals surface area (Å²) in [6.07, 6.45) is 0. The van der Waals surface area contributed by atoms with Gasteiger partial charge in [-0.15, -0.1) is 0 Å². The molecule has 56 heavy (non-hydrogen) atoms. The van der Waals surface area contributed by atoms with E-state index in [-0.39, 0.29) is 29.9 Å². The summed E-state index contributed by atoms with van der Waals surface area (Å²) in [5.74, 6) is 0. The lowest BCUT2D eigenvalue weighted by Crippen LogP contribution is -2.09. The first-order valence-electron chi connectivity index (χ1n) is 21.4. The topological polar surface area (TPSA) is 8.17 Å². The molecule has 0 aliphatic heterocycles. The number of benzene rings is 9. The van der Waals surface area contributed by atoms with Gasteiger partial charge in [-0.2, -0.15) is 0 Å². The van der Waals surface area contributed by atoms with Gasteiger partial charge in [-0.05, 0) is 124 Å². The van der Waals surface area contributed by atoms with Crippen LogP contribution in [0.15, 0.2) is 206 Å². The Labute approximate surface area is 335 Å². The molecular weight excluding hydrogens is 677 g/mol. The fourth-order valence-electron chi connectivity index (χ4n) is 8.48. The lowest BCUT2D eigenvalue weighted by molar-refractivity contribution is 1.12. The van der Waals surface area contributed by atoms with Gasteiger partial charge in [-0.25, -0.2) is 0 Å². The standard InChI is InChI=1S/C54H40N2/c1-37-17-11-18-38(2)54(37)56-50-33-10-9-29-49(50)53-48(32-16-34-51(53)56)47-31-15-20-39-19-14-30-46(52(39)47)42-23-12-21-40(35-42)41-22-13-28-45(36-41)55(43-24-5-3-6-25-43)44-26-7-4-8-27-44/h3-36H,1-2H3/i3D,5D,6D,24D,25D. The van der Waals surface area contributed by atoms with Gasteiger partial charge < -0.3 is 9.47 Å². The molecule has 9 aromatic carbocycles. The molecule has 0 spiro atoms. The fraction of sp³-hybridized carbons (Fsp3) is 0.0370. The second-order valence-corrected chi connectivity index (χ2v) is 14.3. The highest BCUT2D eigenvalue weighted by Gasteiger charge is 2.20. The Morgan fingerprint density at radius 3 is 1.79 bits per heavy atom. The van der Waals surface area contributed by atoms with Crippen LogP contribution < -0.4 is 4.90 Å². The maximum Gasteiger partial charge on any atom is 0.0645 e. The lowest BCUT2D eigenvalue weighted by Gasteiger charge is -2.26. The summed E-state index contributed by atoms with van der Waals surface area (Å²) < 4.78 is 45.3. The van der Waals surface area contributed by atoms with Crippen molar-refractivity contribution in [3.63, 3.8) is 0 Å². The largest absolute Gasteiger partial charge is 0.310 e. The number of hydrogen-bond donors (Lipinski definition) is 0. The summed E-state index contributed by atoms with van der Waals surface area (Å²) in [7, 11) is 0. The summed E-state index contributed by atoms with van der Waals surface area (Å²) in [5.41, 5.74) is 13.9. The Kier molecular flexibility index (Phi) is 7.04. The van der Waals surface area contributed by atoms with Crippen LogP contribution in [0, 0.1) is 13.8 Å². The molecule has 2 nitrogen and oxygen atoms in total. The minimum absolute atomic E-state index is 0.0959. The van der Waals surface area contributed by atoms with Crippen molar-refractivity contribution < 1.29 is 6.85 Å². The van der Waals surface area contributed by atoms with Gasteiger partial charge >= 0.3 is 0 Å². The van der Waals surface area contributed by atoms with Crippen LogP contribution in [0.5, 0.6) is 0 Å². The zero-order valence-corrected chi connectivity index (χ0v) is 31.1. The van der Waals surface area contributed by atoms with Gasteiger partial charge in [0, 0.05) is 27.8 Å². The first kappa shape index (κ1) is 28.3. The Hall–Kier alpha value is -7.16. The van der Waals surface area contributed by atoms with Crippen LogP contribution >= 0.6 is 0 Å². The third-order valence-corrected chi connectivity index (χ3v) is 10.9. The van der Waals surface area contributed by atoms with Crippen LogP contribution in [0.1, 0.15) is 18.0 Å². The number of aromatic nitrogens is 1. The molecule has 0 radical (unpaired) electrons. The second kappa shape index (κ2) is 13.9. The zero-order chi connectivity index (χ0) is 41.9. The molecule has 2 heteroatoms. The molecule has 266 valence electrons. The van der Waals surface area contributed by atoms with Gasteiger partial charge in [0.25, 0.3) is 0 Å². The predicted molar refractivity (Wildman–Crippen MR) is 239 cm³/mol. The maximum absolute atomic E-state index is 8.88. The van der Waals surface area contributed by atoms with Crippen molar-refractivity contribution >= 4 is 49.6 Å². The minimum Gasteiger partial charge on any atom is -0.310 e. The van der Waals surface area contributed by atoms with Crippen molar-refractivity contribution in [2.45, 2.75) is 13.8 Å². The molecule has 1 aromatic heterocycles. The van der Waals surface area contributed by atoms with Crippen molar-refractivity contribution in [1.29, 1.82) is 0 Å². The number of para-hydroxylation sites is 4. The molecule has 1 heterocycles. The van der Waals surface area contributed by atoms with Crippen LogP contribution in [0.2, 0.25) is 0 Å². The average Bonchev–Trinajstić information content (AvgIpc) is 3.63. The summed E-state index contributed by atoms with van der Waals surface area (Å²) >= 11 is 0. The molecule has 0 saturated heterocycles. The number of anilines is 3. The third kappa shape index (κ3) is 5.66. The van der Waals surface area contributed by atoms with Crippen molar-refractivity contribution in [3.05, 3.63) is 217 Å². The third-order valence-electron chi connectivity index (χ3n) is 10.9. The van der Waals surface area contributed by atoms with Gasteiger partial charge in [0.1, 0.15) is 0 Å². The molecule has 0 N–H and O–H groups in total. The summed E-state index contributed by atoms with van der Waals surface area (Å²) in [6, 6.07) is 59.2. The Morgan fingerprint density at radius 2 is 1.00 bits per heavy atom. The molecule has 10 rings (SSSR count). The van der Waals surface area contributed by atoms with Gasteiger partial charge in [-0.1, -0.05) is 152 Å². The smallest absolute Gasteiger partial charge is 0.0645 e. The molecule has 0 unspecified atom stereocenters. The first-order chi connectivity index (χ1) is 29.7. The van der Waals surface area contributed by atoms with Crippen molar-refractivity contribution in [2.75, 3.05) is 4.90 Å². The van der Waals surface area contributed by atoms with Crippen LogP contribution in [-0.4, -0.2) is 4.57 Å². The Bertz CT molecular complexity index is 3300. The van der Waals surface area contributed by atoms with Crippen molar-refractivity contribution in [3.8, 4) is 39.1 Å². The van der Waals surface area contributed by atoms with E-state index in [4.69, 9.17) is 6.85 Å². The number of nitrogens with zero attached hydrogens (tertiary/aromatic N) is 2. The van der Waals surface area contributed by atoms with Gasteiger partial charge in [0.05, 0.1) is 23.6 Å². The van der Waals surface area contributed by atoms with Gasteiger partial charge in [-0.3, -0.25) is 0 Å². The average molecular weight is 722 g/mol. The highest BCUT2D eigenvalue weighted by molar-refractivity contribution is 6.19. The number of aryl methyl sites for hydroxylation is 2. The second-order valence-electron chi connectivity index (χ2n) is 14.3. The zero-order valence-electron chi connectivity index (χ0n) is 36.1. The predicted octanol–water partition coefficient (Wildman–Crippen LogP) is 15.0. The van der Waals surface area contributed by atoms with Gasteiger partial charge in [0.15, 0.2) is 0 Å². The summed E-state index contributed by atoms with van der Waals surface area (Å²) in [6.45, 7) is 4.38. The fourth-order valence-corrected chi connectivity index (χ4v) is 8.48. The van der Waals surface area contributed by atoms with Crippen molar-refractivity contribution in [1.82, 2.24) is 4.57 Å². The molecule has 0 saturated carbocycles. The monoisotopic (exact) mass is 721 g/mol.